The first-order valence-electron chi connectivity index (χ1n) is 3.35. The monoisotopic (exact) mass is 383 g/mol. The van der Waals surface area contributed by atoms with Gasteiger partial charge in [0.25, 0.3) is 0 Å². The zero-order chi connectivity index (χ0) is 6.81. The van der Waals surface area contributed by atoms with Crippen molar-refractivity contribution >= 4 is 54.2 Å². The van der Waals surface area contributed by atoms with E-state index in [1.165, 1.54) is 5.56 Å². The van der Waals surface area contributed by atoms with Crippen LogP contribution in [-0.2, 0) is 0 Å². The Morgan fingerprint density at radius 1 is 1.17 bits per heavy atom. The van der Waals surface area contributed by atoms with Crippen LogP contribution in [0, 0.1) is 0 Å². The van der Waals surface area contributed by atoms with E-state index in [-0.39, 0.29) is 48.1 Å². The Morgan fingerprint density at radius 2 is 1.92 bits per heavy atom. The topological polar surface area (TPSA) is 9.23 Å². The van der Waals surface area contributed by atoms with Gasteiger partial charge in [0.15, 0.2) is 0 Å². The van der Waals surface area contributed by atoms with Crippen LogP contribution in [0.3, 0.4) is 0 Å². The van der Waals surface area contributed by atoms with E-state index in [0.29, 0.717) is 6.61 Å². The van der Waals surface area contributed by atoms with Crippen molar-refractivity contribution in [2.75, 3.05) is 6.61 Å². The van der Waals surface area contributed by atoms with Crippen molar-refractivity contribution in [2.45, 2.75) is 0 Å². The molecule has 1 nitrogen and oxygen atoms in total. The summed E-state index contributed by atoms with van der Waals surface area (Å²) in [7, 11) is 0. The van der Waals surface area contributed by atoms with Gasteiger partial charge in [-0.3, -0.25) is 0 Å². The van der Waals surface area contributed by atoms with Gasteiger partial charge in [0.1, 0.15) is 12.4 Å². The Morgan fingerprint density at radius 3 is 2.67 bits per heavy atom. The van der Waals surface area contributed by atoms with Gasteiger partial charge >= 0.3 is 0 Å². The SMILES string of the molecule is C1=Cc2ccccc2OC1.[Sb].[Te]. The van der Waals surface area contributed by atoms with E-state index in [2.05, 4.69) is 6.08 Å². The molecule has 0 saturated carbocycles. The Balaban J connectivity index is 0.000000605. The van der Waals surface area contributed by atoms with Gasteiger partial charge < -0.3 is 4.74 Å². The molecule has 0 N–H and O–H groups in total. The average molecular weight is 382 g/mol. The molecule has 0 bridgehead atoms. The molecular formula is C9H8OSbTe. The smallest absolute Gasteiger partial charge is 0.126 e. The number of rotatable bonds is 0. The molecule has 0 aromatic heterocycles. The van der Waals surface area contributed by atoms with E-state index in [4.69, 9.17) is 4.74 Å². The largest absolute Gasteiger partial charge is 0.489 e. The first-order chi connectivity index (χ1) is 4.97. The van der Waals surface area contributed by atoms with E-state index in [1.54, 1.807) is 0 Å². The van der Waals surface area contributed by atoms with Crippen LogP contribution in [0.2, 0.25) is 0 Å². The predicted octanol–water partition coefficient (Wildman–Crippen LogP) is 1.33. The summed E-state index contributed by atoms with van der Waals surface area (Å²) >= 11 is 0. The summed E-state index contributed by atoms with van der Waals surface area (Å²) in [5.74, 6) is 0.991. The molecule has 1 aromatic carbocycles. The van der Waals surface area contributed by atoms with Crippen LogP contribution in [0.1, 0.15) is 5.56 Å². The fraction of sp³-hybridized carbons (Fsp3) is 0.111. The number of ether oxygens (including phenoxy) is 1. The van der Waals surface area contributed by atoms with E-state index in [1.807, 2.05) is 30.3 Å². The minimum Gasteiger partial charge on any atom is -0.489 e. The minimum atomic E-state index is 0. The third kappa shape index (κ3) is 2.70. The zero-order valence-electron chi connectivity index (χ0n) is 6.43. The van der Waals surface area contributed by atoms with Crippen LogP contribution in [0.25, 0.3) is 6.08 Å². The molecular weight excluding hydrogens is 373 g/mol. The predicted molar refractivity (Wildman–Crippen MR) is 52.5 cm³/mol. The third-order valence-corrected chi connectivity index (χ3v) is 1.55. The van der Waals surface area contributed by atoms with Crippen molar-refractivity contribution in [3.63, 3.8) is 0 Å². The van der Waals surface area contributed by atoms with Gasteiger partial charge in [-0.1, -0.05) is 24.3 Å². The molecule has 0 spiro atoms. The Hall–Kier alpha value is 0.368. The number of para-hydroxylation sites is 1. The van der Waals surface area contributed by atoms with Crippen molar-refractivity contribution in [2.24, 2.45) is 0 Å². The van der Waals surface area contributed by atoms with E-state index >= 15 is 0 Å². The number of fused-ring (bicyclic) bond motifs is 1. The molecule has 3 heteroatoms. The summed E-state index contributed by atoms with van der Waals surface area (Å²) in [5, 5.41) is 0. The molecule has 1 aliphatic heterocycles. The Labute approximate surface area is 106 Å². The second-order valence-corrected chi connectivity index (χ2v) is 2.25. The summed E-state index contributed by atoms with van der Waals surface area (Å²) in [6.45, 7) is 0.705. The van der Waals surface area contributed by atoms with Gasteiger partial charge in [-0.05, 0) is 12.1 Å². The fourth-order valence-corrected chi connectivity index (χ4v) is 1.06. The normalized spacial score (nSPS) is 11.7. The maximum absolute atomic E-state index is 5.34. The molecule has 0 amide bonds. The maximum Gasteiger partial charge on any atom is 0.126 e. The molecule has 1 aliphatic rings. The van der Waals surface area contributed by atoms with Crippen molar-refractivity contribution < 1.29 is 4.74 Å². The molecule has 0 atom stereocenters. The van der Waals surface area contributed by atoms with Crippen LogP contribution >= 0.6 is 0 Å². The van der Waals surface area contributed by atoms with Crippen LogP contribution in [-0.4, -0.2) is 54.7 Å². The summed E-state index contributed by atoms with van der Waals surface area (Å²) in [4.78, 5) is 0. The second-order valence-electron chi connectivity index (χ2n) is 2.25. The van der Waals surface area contributed by atoms with E-state index < -0.39 is 0 Å². The summed E-state index contributed by atoms with van der Waals surface area (Å²) in [5.41, 5.74) is 1.17. The first kappa shape index (κ1) is 12.4. The van der Waals surface area contributed by atoms with Gasteiger partial charge in [-0.15, -0.1) is 0 Å². The van der Waals surface area contributed by atoms with Crippen LogP contribution in [0.5, 0.6) is 5.75 Å². The van der Waals surface area contributed by atoms with Crippen LogP contribution in [0.15, 0.2) is 30.3 Å². The zero-order valence-corrected chi connectivity index (χ0v) is 11.3. The third-order valence-electron chi connectivity index (χ3n) is 1.55. The van der Waals surface area contributed by atoms with Crippen LogP contribution in [0.4, 0.5) is 0 Å². The number of benzene rings is 1. The van der Waals surface area contributed by atoms with E-state index in [0.717, 1.165) is 5.75 Å². The van der Waals surface area contributed by atoms with E-state index in [9.17, 15) is 0 Å². The fourth-order valence-electron chi connectivity index (χ4n) is 1.06. The van der Waals surface area contributed by atoms with Gasteiger partial charge in [0.2, 0.25) is 0 Å². The van der Waals surface area contributed by atoms with Gasteiger partial charge in [-0.25, -0.2) is 0 Å². The number of hydrogen-bond donors (Lipinski definition) is 0. The Kier molecular flexibility index (Phi) is 6.10. The minimum absolute atomic E-state index is 0. The van der Waals surface area contributed by atoms with Gasteiger partial charge in [0.05, 0.1) is 0 Å². The average Bonchev–Trinajstić information content (AvgIpc) is 2.05. The second kappa shape index (κ2) is 5.92. The summed E-state index contributed by atoms with van der Waals surface area (Å²) in [6, 6.07) is 8.03. The van der Waals surface area contributed by atoms with Crippen molar-refractivity contribution in [1.82, 2.24) is 0 Å². The molecule has 12 heavy (non-hydrogen) atoms. The quantitative estimate of drug-likeness (QED) is 0.616. The van der Waals surface area contributed by atoms with Crippen molar-refractivity contribution in [1.29, 1.82) is 0 Å². The van der Waals surface area contributed by atoms with Crippen molar-refractivity contribution in [3.05, 3.63) is 35.9 Å². The van der Waals surface area contributed by atoms with Gasteiger partial charge in [-0.2, -0.15) is 0 Å². The maximum atomic E-state index is 5.34. The molecule has 1 aromatic rings. The molecule has 2 rings (SSSR count). The standard InChI is InChI=1S/C9H8O.Sb.Te/c1-2-6-9-8(4-1)5-3-7-10-9;;/h1-6H,7H2;;. The molecule has 1 heterocycles. The van der Waals surface area contributed by atoms with Gasteiger partial charge in [0, 0.05) is 53.7 Å². The van der Waals surface area contributed by atoms with Crippen molar-refractivity contribution in [3.8, 4) is 5.75 Å². The number of hydrogen-bond acceptors (Lipinski definition) is 1. The Bertz CT molecular complexity index is 273. The molecule has 0 saturated heterocycles. The molecule has 0 fully saturated rings. The first-order valence-corrected chi connectivity index (χ1v) is 3.35. The summed E-state index contributed by atoms with van der Waals surface area (Å²) in [6.07, 6.45) is 4.10. The molecule has 5 radical (unpaired) electrons. The van der Waals surface area contributed by atoms with Crippen LogP contribution < -0.4 is 4.74 Å². The summed E-state index contributed by atoms with van der Waals surface area (Å²) < 4.78 is 5.34. The molecule has 61 valence electrons. The molecule has 0 unspecified atom stereocenters. The molecule has 0 aliphatic carbocycles.